The van der Waals surface area contributed by atoms with E-state index in [0.717, 1.165) is 12.0 Å². The Morgan fingerprint density at radius 2 is 2.27 bits per heavy atom. The molecule has 0 aliphatic rings. The van der Waals surface area contributed by atoms with Gasteiger partial charge in [-0.25, -0.2) is 4.98 Å². The maximum atomic E-state index is 5.95. The van der Waals surface area contributed by atoms with Gasteiger partial charge in [-0.15, -0.1) is 0 Å². The summed E-state index contributed by atoms with van der Waals surface area (Å²) in [5.41, 5.74) is 6.35. The van der Waals surface area contributed by atoms with E-state index in [1.807, 2.05) is 0 Å². The highest BCUT2D eigenvalue weighted by atomic mass is 35.5. The second kappa shape index (κ2) is 6.61. The molecule has 5 heteroatoms. The predicted molar refractivity (Wildman–Crippen MR) is 59.1 cm³/mol. The largest absolute Gasteiger partial charge is 0.477 e. The molecule has 0 atom stereocenters. The van der Waals surface area contributed by atoms with Crippen LogP contribution in [0.1, 0.15) is 12.0 Å². The molecule has 2 N–H and O–H groups in total. The first-order chi connectivity index (χ1) is 7.27. The van der Waals surface area contributed by atoms with Gasteiger partial charge in [0.05, 0.1) is 6.61 Å². The molecule has 0 aliphatic heterocycles. The summed E-state index contributed by atoms with van der Waals surface area (Å²) in [4.78, 5) is 4.07. The lowest BCUT2D eigenvalue weighted by Crippen LogP contribution is -2.04. The first-order valence-electron chi connectivity index (χ1n) is 4.74. The fourth-order valence-corrected chi connectivity index (χ4v) is 1.30. The van der Waals surface area contributed by atoms with Crippen molar-refractivity contribution in [3.63, 3.8) is 0 Å². The maximum Gasteiger partial charge on any atom is 0.232 e. The van der Waals surface area contributed by atoms with Gasteiger partial charge in [0.15, 0.2) is 0 Å². The average molecular weight is 231 g/mol. The third-order valence-electron chi connectivity index (χ3n) is 1.83. The normalized spacial score (nSPS) is 10.3. The van der Waals surface area contributed by atoms with Gasteiger partial charge in [-0.2, -0.15) is 0 Å². The zero-order valence-electron chi connectivity index (χ0n) is 8.70. The van der Waals surface area contributed by atoms with Crippen LogP contribution in [0, 0.1) is 0 Å². The zero-order chi connectivity index (χ0) is 11.1. The van der Waals surface area contributed by atoms with Crippen LogP contribution in [0.5, 0.6) is 5.88 Å². The molecular weight excluding hydrogens is 216 g/mol. The van der Waals surface area contributed by atoms with Gasteiger partial charge < -0.3 is 15.2 Å². The number of pyridine rings is 1. The molecule has 0 aliphatic carbocycles. The predicted octanol–water partition coefficient (Wildman–Crippen LogP) is 1.61. The van der Waals surface area contributed by atoms with Crippen LogP contribution in [0.2, 0.25) is 5.02 Å². The molecule has 4 nitrogen and oxygen atoms in total. The van der Waals surface area contributed by atoms with Crippen LogP contribution in [0.4, 0.5) is 0 Å². The molecule has 0 radical (unpaired) electrons. The van der Waals surface area contributed by atoms with Crippen molar-refractivity contribution in [2.75, 3.05) is 20.3 Å². The second-order valence-electron chi connectivity index (χ2n) is 3.03. The van der Waals surface area contributed by atoms with Gasteiger partial charge in [0.25, 0.3) is 0 Å². The smallest absolute Gasteiger partial charge is 0.232 e. The lowest BCUT2D eigenvalue weighted by molar-refractivity contribution is 0.170. The quantitative estimate of drug-likeness (QED) is 0.755. The van der Waals surface area contributed by atoms with Crippen LogP contribution < -0.4 is 10.5 Å². The number of aromatic nitrogens is 1. The molecule has 0 aromatic carbocycles. The SMILES string of the molecule is COCCCOc1ncc(CN)cc1Cl. The molecule has 0 unspecified atom stereocenters. The number of rotatable bonds is 6. The summed E-state index contributed by atoms with van der Waals surface area (Å²) in [6, 6.07) is 1.76. The van der Waals surface area contributed by atoms with E-state index in [-0.39, 0.29) is 0 Å². The van der Waals surface area contributed by atoms with E-state index in [1.54, 1.807) is 19.4 Å². The summed E-state index contributed by atoms with van der Waals surface area (Å²) in [6.45, 7) is 1.64. The molecule has 0 saturated heterocycles. The Morgan fingerprint density at radius 3 is 2.87 bits per heavy atom. The first-order valence-corrected chi connectivity index (χ1v) is 5.12. The van der Waals surface area contributed by atoms with Gasteiger partial charge in [0.2, 0.25) is 5.88 Å². The molecule has 1 aromatic heterocycles. The Labute approximate surface area is 94.3 Å². The van der Waals surface area contributed by atoms with Crippen molar-refractivity contribution >= 4 is 11.6 Å². The monoisotopic (exact) mass is 230 g/mol. The molecule has 0 bridgehead atoms. The number of halogens is 1. The number of hydrogen-bond acceptors (Lipinski definition) is 4. The van der Waals surface area contributed by atoms with Crippen molar-refractivity contribution in [1.29, 1.82) is 0 Å². The molecule has 0 fully saturated rings. The van der Waals surface area contributed by atoms with E-state index in [2.05, 4.69) is 4.98 Å². The van der Waals surface area contributed by atoms with Crippen LogP contribution >= 0.6 is 11.6 Å². The van der Waals surface area contributed by atoms with E-state index in [4.69, 9.17) is 26.8 Å². The minimum absolute atomic E-state index is 0.427. The van der Waals surface area contributed by atoms with Gasteiger partial charge >= 0.3 is 0 Å². The third kappa shape index (κ3) is 4.03. The zero-order valence-corrected chi connectivity index (χ0v) is 9.46. The van der Waals surface area contributed by atoms with Crippen molar-refractivity contribution in [3.05, 3.63) is 22.8 Å². The summed E-state index contributed by atoms with van der Waals surface area (Å²) in [5, 5.41) is 0.496. The van der Waals surface area contributed by atoms with E-state index in [0.29, 0.717) is 30.7 Å². The standard InChI is InChI=1S/C10H15ClN2O2/c1-14-3-2-4-15-10-9(11)5-8(6-12)7-13-10/h5,7H,2-4,6,12H2,1H3. The number of nitrogens with two attached hydrogens (primary N) is 1. The molecule has 84 valence electrons. The fourth-order valence-electron chi connectivity index (χ4n) is 1.05. The van der Waals surface area contributed by atoms with Crippen LogP contribution in [0.3, 0.4) is 0 Å². The van der Waals surface area contributed by atoms with Crippen molar-refractivity contribution in [2.45, 2.75) is 13.0 Å². The van der Waals surface area contributed by atoms with Crippen molar-refractivity contribution in [1.82, 2.24) is 4.98 Å². The Hall–Kier alpha value is -0.840. The highest BCUT2D eigenvalue weighted by molar-refractivity contribution is 6.31. The van der Waals surface area contributed by atoms with Crippen molar-refractivity contribution in [3.8, 4) is 5.88 Å². The van der Waals surface area contributed by atoms with Crippen LogP contribution in [-0.4, -0.2) is 25.3 Å². The van der Waals surface area contributed by atoms with E-state index < -0.39 is 0 Å². The molecule has 15 heavy (non-hydrogen) atoms. The molecular formula is C10H15ClN2O2. The van der Waals surface area contributed by atoms with Gasteiger partial charge in [-0.1, -0.05) is 11.6 Å². The first kappa shape index (κ1) is 12.2. The van der Waals surface area contributed by atoms with E-state index >= 15 is 0 Å². The Kier molecular flexibility index (Phi) is 5.39. The molecule has 1 aromatic rings. The van der Waals surface area contributed by atoms with Crippen LogP contribution in [0.15, 0.2) is 12.3 Å². The summed E-state index contributed by atoms with van der Waals surface area (Å²) in [6.07, 6.45) is 2.48. The summed E-state index contributed by atoms with van der Waals surface area (Å²) >= 11 is 5.95. The minimum Gasteiger partial charge on any atom is -0.477 e. The van der Waals surface area contributed by atoms with Crippen LogP contribution in [0.25, 0.3) is 0 Å². The van der Waals surface area contributed by atoms with E-state index in [9.17, 15) is 0 Å². The molecule has 0 saturated carbocycles. The molecule has 1 rings (SSSR count). The summed E-state index contributed by atoms with van der Waals surface area (Å²) < 4.78 is 10.3. The molecule has 1 heterocycles. The third-order valence-corrected chi connectivity index (χ3v) is 2.10. The van der Waals surface area contributed by atoms with Gasteiger partial charge in [0, 0.05) is 32.9 Å². The van der Waals surface area contributed by atoms with E-state index in [1.165, 1.54) is 0 Å². The second-order valence-corrected chi connectivity index (χ2v) is 3.44. The average Bonchev–Trinajstić information content (AvgIpc) is 2.26. The lowest BCUT2D eigenvalue weighted by atomic mass is 10.3. The Morgan fingerprint density at radius 1 is 1.47 bits per heavy atom. The van der Waals surface area contributed by atoms with Crippen molar-refractivity contribution < 1.29 is 9.47 Å². The highest BCUT2D eigenvalue weighted by Gasteiger charge is 2.03. The molecule has 0 amide bonds. The minimum atomic E-state index is 0.427. The van der Waals surface area contributed by atoms with Crippen molar-refractivity contribution in [2.24, 2.45) is 5.73 Å². The Bertz CT molecular complexity index is 307. The van der Waals surface area contributed by atoms with Gasteiger partial charge in [0.1, 0.15) is 5.02 Å². The topological polar surface area (TPSA) is 57.4 Å². The number of nitrogens with zero attached hydrogens (tertiary/aromatic N) is 1. The lowest BCUT2D eigenvalue weighted by Gasteiger charge is -2.07. The van der Waals surface area contributed by atoms with Crippen LogP contribution in [-0.2, 0) is 11.3 Å². The number of hydrogen-bond donors (Lipinski definition) is 1. The number of ether oxygens (including phenoxy) is 2. The summed E-state index contributed by atoms with van der Waals surface area (Å²) in [7, 11) is 1.65. The number of methoxy groups -OCH3 is 1. The Balaban J connectivity index is 2.47. The molecule has 0 spiro atoms. The fraction of sp³-hybridized carbons (Fsp3) is 0.500. The summed E-state index contributed by atoms with van der Waals surface area (Å²) in [5.74, 6) is 0.449. The van der Waals surface area contributed by atoms with Gasteiger partial charge in [-0.3, -0.25) is 0 Å². The van der Waals surface area contributed by atoms with Gasteiger partial charge in [-0.05, 0) is 11.6 Å². The highest BCUT2D eigenvalue weighted by Crippen LogP contribution is 2.22. The maximum absolute atomic E-state index is 5.95.